The first-order chi connectivity index (χ1) is 16.1. The predicted molar refractivity (Wildman–Crippen MR) is 121 cm³/mol. The van der Waals surface area contributed by atoms with Crippen LogP contribution in [0.25, 0.3) is 16.9 Å². The van der Waals surface area contributed by atoms with Crippen LogP contribution in [0.1, 0.15) is 47.3 Å². The first-order valence-corrected chi connectivity index (χ1v) is 11.1. The molecular weight excluding hydrogens is 467 g/mol. The van der Waals surface area contributed by atoms with Crippen LogP contribution in [0, 0.1) is 24.4 Å². The number of pyridine rings is 1. The Bertz CT molecular complexity index is 1450. The third-order valence-corrected chi connectivity index (χ3v) is 6.72. The number of fused-ring (bicyclic) bond motifs is 2. The first kappa shape index (κ1) is 22.5. The molecule has 0 saturated carbocycles. The van der Waals surface area contributed by atoms with Crippen molar-refractivity contribution in [2.45, 2.75) is 39.3 Å². The van der Waals surface area contributed by atoms with Crippen molar-refractivity contribution in [3.8, 4) is 11.3 Å². The van der Waals surface area contributed by atoms with E-state index in [2.05, 4.69) is 10.1 Å². The highest BCUT2D eigenvalue weighted by Gasteiger charge is 2.39. The molecule has 2 unspecified atom stereocenters. The van der Waals surface area contributed by atoms with Crippen molar-refractivity contribution in [3.63, 3.8) is 0 Å². The van der Waals surface area contributed by atoms with Crippen LogP contribution in [0.15, 0.2) is 30.3 Å². The van der Waals surface area contributed by atoms with Crippen molar-refractivity contribution in [1.29, 1.82) is 0 Å². The Morgan fingerprint density at radius 3 is 2.50 bits per heavy atom. The third kappa shape index (κ3) is 3.21. The molecule has 1 aliphatic heterocycles. The van der Waals surface area contributed by atoms with Gasteiger partial charge < -0.3 is 4.90 Å². The molecule has 5 rings (SSSR count). The Kier molecular flexibility index (Phi) is 5.20. The highest BCUT2D eigenvalue weighted by molar-refractivity contribution is 6.30. The van der Waals surface area contributed by atoms with Crippen molar-refractivity contribution < 1.29 is 18.0 Å². The molecule has 1 aliphatic rings. The summed E-state index contributed by atoms with van der Waals surface area (Å²) in [5.74, 6) is -4.28. The lowest BCUT2D eigenvalue weighted by Gasteiger charge is -2.38. The Hall–Kier alpha value is -3.33. The molecule has 10 heteroatoms. The van der Waals surface area contributed by atoms with Gasteiger partial charge in [-0.05, 0) is 51.5 Å². The fraction of sp³-hybridized carbons (Fsp3) is 0.292. The maximum absolute atomic E-state index is 14.0. The van der Waals surface area contributed by atoms with E-state index in [1.807, 2.05) is 13.8 Å². The van der Waals surface area contributed by atoms with E-state index in [9.17, 15) is 18.0 Å². The second kappa shape index (κ2) is 7.87. The lowest BCUT2D eigenvalue weighted by Crippen LogP contribution is -2.45. The van der Waals surface area contributed by atoms with E-state index in [1.54, 1.807) is 41.5 Å². The van der Waals surface area contributed by atoms with Crippen molar-refractivity contribution in [2.75, 3.05) is 0 Å². The van der Waals surface area contributed by atoms with E-state index >= 15 is 0 Å². The standard InChI is InChI=1S/C24H21ClF3N5O/c1-11-8-15-21(30-31(4)23(15)14-9-16(26)20(28)17(27)10-14)13(3)32(11)24(34)22-12(2)29-19-7-5-6-18(25)33(19)22/h5-7,9-11,13H,8H2,1-4H3. The Balaban J connectivity index is 1.60. The molecule has 3 aromatic heterocycles. The number of nitrogens with zero attached hydrogens (tertiary/aromatic N) is 5. The third-order valence-electron chi connectivity index (χ3n) is 6.43. The summed E-state index contributed by atoms with van der Waals surface area (Å²) in [5, 5.41) is 4.95. The van der Waals surface area contributed by atoms with E-state index in [4.69, 9.17) is 11.6 Å². The van der Waals surface area contributed by atoms with E-state index in [1.165, 1.54) is 4.68 Å². The molecule has 2 atom stereocenters. The van der Waals surface area contributed by atoms with Crippen LogP contribution in [-0.4, -0.2) is 36.0 Å². The lowest BCUT2D eigenvalue weighted by atomic mass is 9.91. The monoisotopic (exact) mass is 487 g/mol. The molecule has 0 bridgehead atoms. The van der Waals surface area contributed by atoms with E-state index < -0.39 is 23.5 Å². The highest BCUT2D eigenvalue weighted by atomic mass is 35.5. The number of benzene rings is 1. The number of hydrogen-bond acceptors (Lipinski definition) is 3. The molecule has 0 N–H and O–H groups in total. The van der Waals surface area contributed by atoms with Crippen molar-refractivity contribution in [2.24, 2.45) is 7.05 Å². The molecular formula is C24H21ClF3N5O. The maximum atomic E-state index is 14.0. The van der Waals surface area contributed by atoms with Crippen LogP contribution >= 0.6 is 11.6 Å². The minimum Gasteiger partial charge on any atom is -0.326 e. The SMILES string of the molecule is Cc1nc2cccc(Cl)n2c1C(=O)N1C(C)Cc2c(nn(C)c2-c2cc(F)c(F)c(F)c2)C1C. The van der Waals surface area contributed by atoms with Gasteiger partial charge in [-0.2, -0.15) is 5.10 Å². The summed E-state index contributed by atoms with van der Waals surface area (Å²) in [5.41, 5.74) is 3.58. The average molecular weight is 488 g/mol. The molecule has 1 amide bonds. The first-order valence-electron chi connectivity index (χ1n) is 10.8. The Morgan fingerprint density at radius 2 is 1.82 bits per heavy atom. The van der Waals surface area contributed by atoms with Crippen LogP contribution < -0.4 is 0 Å². The van der Waals surface area contributed by atoms with Gasteiger partial charge in [-0.25, -0.2) is 18.2 Å². The van der Waals surface area contributed by atoms with Gasteiger partial charge in [0.2, 0.25) is 0 Å². The molecule has 0 saturated heterocycles. The molecule has 0 fully saturated rings. The van der Waals surface area contributed by atoms with Crippen LogP contribution in [0.5, 0.6) is 0 Å². The molecule has 1 aromatic carbocycles. The summed E-state index contributed by atoms with van der Waals surface area (Å²) >= 11 is 6.39. The van der Waals surface area contributed by atoms with Crippen LogP contribution in [0.4, 0.5) is 13.2 Å². The van der Waals surface area contributed by atoms with Gasteiger partial charge in [-0.15, -0.1) is 0 Å². The number of aromatic nitrogens is 4. The van der Waals surface area contributed by atoms with Gasteiger partial charge >= 0.3 is 0 Å². The number of imidazole rings is 1. The zero-order valence-electron chi connectivity index (χ0n) is 18.9. The number of aryl methyl sites for hydroxylation is 2. The predicted octanol–water partition coefficient (Wildman–Crippen LogP) is 5.26. The fourth-order valence-electron chi connectivity index (χ4n) is 5.00. The summed E-state index contributed by atoms with van der Waals surface area (Å²) < 4.78 is 44.6. The largest absolute Gasteiger partial charge is 0.326 e. The topological polar surface area (TPSA) is 55.4 Å². The average Bonchev–Trinajstić information content (AvgIpc) is 3.28. The van der Waals surface area contributed by atoms with Crippen LogP contribution in [0.2, 0.25) is 5.15 Å². The van der Waals surface area contributed by atoms with Gasteiger partial charge in [0, 0.05) is 24.2 Å². The number of carbonyl (C=O) groups excluding carboxylic acids is 1. The Morgan fingerprint density at radius 1 is 1.15 bits per heavy atom. The smallest absolute Gasteiger partial charge is 0.273 e. The number of halogens is 4. The summed E-state index contributed by atoms with van der Waals surface area (Å²) in [6.07, 6.45) is 0.402. The van der Waals surface area contributed by atoms with Gasteiger partial charge in [0.15, 0.2) is 17.5 Å². The van der Waals surface area contributed by atoms with Gasteiger partial charge in [0.1, 0.15) is 16.5 Å². The molecule has 0 radical (unpaired) electrons. The van der Waals surface area contributed by atoms with E-state index in [-0.39, 0.29) is 17.5 Å². The minimum absolute atomic E-state index is 0.191. The second-order valence-electron chi connectivity index (χ2n) is 8.62. The number of amides is 1. The maximum Gasteiger partial charge on any atom is 0.273 e. The minimum atomic E-state index is -1.51. The van der Waals surface area contributed by atoms with Gasteiger partial charge in [0.05, 0.1) is 23.1 Å². The van der Waals surface area contributed by atoms with Crippen molar-refractivity contribution in [1.82, 2.24) is 24.1 Å². The summed E-state index contributed by atoms with van der Waals surface area (Å²) in [6, 6.07) is 6.48. The molecule has 176 valence electrons. The number of hydrogen-bond donors (Lipinski definition) is 0. The second-order valence-corrected chi connectivity index (χ2v) is 9.01. The van der Waals surface area contributed by atoms with E-state index in [0.29, 0.717) is 40.0 Å². The zero-order chi connectivity index (χ0) is 24.5. The lowest BCUT2D eigenvalue weighted by molar-refractivity contribution is 0.0567. The molecule has 0 spiro atoms. The molecule has 34 heavy (non-hydrogen) atoms. The molecule has 4 aromatic rings. The van der Waals surface area contributed by atoms with Gasteiger partial charge in [0.25, 0.3) is 5.91 Å². The van der Waals surface area contributed by atoms with E-state index in [0.717, 1.165) is 17.7 Å². The summed E-state index contributed by atoms with van der Waals surface area (Å²) in [6.45, 7) is 5.52. The van der Waals surface area contributed by atoms with Crippen molar-refractivity contribution in [3.05, 3.63) is 75.6 Å². The fourth-order valence-corrected chi connectivity index (χ4v) is 5.25. The number of carbonyl (C=O) groups is 1. The Labute approximate surface area is 198 Å². The van der Waals surface area contributed by atoms with Gasteiger partial charge in [-0.1, -0.05) is 17.7 Å². The highest BCUT2D eigenvalue weighted by Crippen LogP contribution is 2.39. The van der Waals surface area contributed by atoms with Gasteiger partial charge in [-0.3, -0.25) is 13.9 Å². The normalized spacial score (nSPS) is 17.9. The summed E-state index contributed by atoms with van der Waals surface area (Å²) in [7, 11) is 1.66. The number of rotatable bonds is 2. The van der Waals surface area contributed by atoms with Crippen molar-refractivity contribution >= 4 is 23.2 Å². The molecule has 0 aliphatic carbocycles. The molecule has 4 heterocycles. The van der Waals surface area contributed by atoms with Crippen LogP contribution in [-0.2, 0) is 13.5 Å². The van der Waals surface area contributed by atoms with Crippen LogP contribution in [0.3, 0.4) is 0 Å². The summed E-state index contributed by atoms with van der Waals surface area (Å²) in [4.78, 5) is 20.0. The quantitative estimate of drug-likeness (QED) is 0.286. The molecule has 6 nitrogen and oxygen atoms in total. The zero-order valence-corrected chi connectivity index (χ0v) is 19.7.